The number of carbonyl (C=O) groups excluding carboxylic acids is 2. The molecule has 2 heterocycles. The Morgan fingerprint density at radius 1 is 1.00 bits per heavy atom. The number of nitrogens with one attached hydrogen (secondary N) is 2. The van der Waals surface area contributed by atoms with E-state index >= 15 is 0 Å². The summed E-state index contributed by atoms with van der Waals surface area (Å²) >= 11 is 0. The zero-order valence-electron chi connectivity index (χ0n) is 23.7. The van der Waals surface area contributed by atoms with E-state index in [0.29, 0.717) is 5.75 Å². The molecule has 2 saturated heterocycles. The fourth-order valence-electron chi connectivity index (χ4n) is 5.46. The van der Waals surface area contributed by atoms with Crippen LogP contribution in [0.3, 0.4) is 0 Å². The minimum absolute atomic E-state index is 0.0549. The maximum atomic E-state index is 13.6. The number of aliphatic hydroxyl groups is 1. The van der Waals surface area contributed by atoms with Crippen LogP contribution in [0.1, 0.15) is 37.0 Å². The molecule has 224 valence electrons. The second kappa shape index (κ2) is 13.3. The van der Waals surface area contributed by atoms with Crippen LogP contribution >= 0.6 is 8.53 Å². The molecule has 3 aromatic carbocycles. The van der Waals surface area contributed by atoms with E-state index in [2.05, 4.69) is 16.1 Å². The van der Waals surface area contributed by atoms with Gasteiger partial charge in [-0.05, 0) is 42.7 Å². The van der Waals surface area contributed by atoms with E-state index in [0.717, 1.165) is 16.7 Å². The third-order valence-corrected chi connectivity index (χ3v) is 7.57. The van der Waals surface area contributed by atoms with Crippen LogP contribution in [0, 0.1) is 0 Å². The Morgan fingerprint density at radius 3 is 1.95 bits per heavy atom. The molecule has 3 amide bonds. The summed E-state index contributed by atoms with van der Waals surface area (Å²) in [7, 11) is -0.499. The molecule has 7 N–H and O–H groups in total. The van der Waals surface area contributed by atoms with Gasteiger partial charge < -0.3 is 24.4 Å². The molecule has 5 rings (SSSR count). The van der Waals surface area contributed by atoms with Gasteiger partial charge in [0, 0.05) is 6.42 Å². The summed E-state index contributed by atoms with van der Waals surface area (Å²) in [4.78, 5) is 42.9. The van der Waals surface area contributed by atoms with Crippen molar-refractivity contribution in [3.05, 3.63) is 102 Å². The molecular weight excluding hydrogens is 559 g/mol. The molecule has 1 unspecified atom stereocenters. The lowest BCUT2D eigenvalue weighted by atomic mass is 9.74. The number of imide groups is 1. The molecule has 42 heavy (non-hydrogen) atoms. The van der Waals surface area contributed by atoms with Crippen LogP contribution in [-0.4, -0.2) is 69.4 Å². The molecule has 0 radical (unpaired) electrons. The number of aliphatic hydroxyl groups excluding tert-OH is 1. The summed E-state index contributed by atoms with van der Waals surface area (Å²) in [6.07, 6.45) is -1.45. The highest BCUT2D eigenvalue weighted by Gasteiger charge is 2.52. The highest BCUT2D eigenvalue weighted by molar-refractivity contribution is 7.42. The fourth-order valence-corrected chi connectivity index (χ4v) is 5.46. The molecular formula is C30H37N4O7P. The van der Waals surface area contributed by atoms with Gasteiger partial charge in [0.2, 0.25) is 14.4 Å². The van der Waals surface area contributed by atoms with Crippen LogP contribution in [0.2, 0.25) is 0 Å². The summed E-state index contributed by atoms with van der Waals surface area (Å²) in [5.74, 6) is 0.281. The van der Waals surface area contributed by atoms with Gasteiger partial charge in [0.15, 0.2) is 0 Å². The first kappa shape index (κ1) is 31.5. The number of carbonyl (C=O) groups is 2. The number of ether oxygens (including phenoxy) is 2. The number of rotatable bonds is 7. The summed E-state index contributed by atoms with van der Waals surface area (Å²) in [6.45, 7) is 3.62. The highest BCUT2D eigenvalue weighted by atomic mass is 31.2. The molecule has 2 fully saturated rings. The van der Waals surface area contributed by atoms with Gasteiger partial charge in [-0.25, -0.2) is 4.79 Å². The lowest BCUT2D eigenvalue weighted by Crippen LogP contribution is -2.73. The largest absolute Gasteiger partial charge is 0.497 e. The van der Waals surface area contributed by atoms with Crippen LogP contribution < -0.4 is 20.9 Å². The van der Waals surface area contributed by atoms with Crippen molar-refractivity contribution in [2.24, 2.45) is 5.50 Å². The first-order chi connectivity index (χ1) is 20.0. The number of urea groups is 1. The van der Waals surface area contributed by atoms with Crippen LogP contribution in [0.15, 0.2) is 84.9 Å². The monoisotopic (exact) mass is 596 g/mol. The summed E-state index contributed by atoms with van der Waals surface area (Å²) in [6, 6.07) is 27.1. The number of nitrogens with two attached hydrogens (primary N) is 1. The van der Waals surface area contributed by atoms with Crippen LogP contribution in [0.4, 0.5) is 4.79 Å². The van der Waals surface area contributed by atoms with Gasteiger partial charge in [0.25, 0.3) is 0 Å². The fraction of sp³-hybridized carbons (Fsp3) is 0.333. The predicted octanol–water partition coefficient (Wildman–Crippen LogP) is 2.54. The first-order valence-electron chi connectivity index (χ1n) is 13.4. The third kappa shape index (κ3) is 6.63. The molecule has 2 aliphatic rings. The van der Waals surface area contributed by atoms with Crippen molar-refractivity contribution in [3.8, 4) is 5.75 Å². The Balaban J connectivity index is 0.000000952. The summed E-state index contributed by atoms with van der Waals surface area (Å²) in [5.41, 5.74) is 4.85. The average Bonchev–Trinajstić information content (AvgIpc) is 3.32. The SMILES string of the molecule is COc1ccc(C(NC2(C)CN([C@H]3C[C@H](O)[C@@H](C)O3)C(=O)NC2=O)(c2ccccc2)c2ccccc2)cc1.NP(O)O. The van der Waals surface area contributed by atoms with E-state index in [4.69, 9.17) is 19.3 Å². The lowest BCUT2D eigenvalue weighted by molar-refractivity contribution is -0.132. The zero-order chi connectivity index (χ0) is 30.5. The average molecular weight is 597 g/mol. The maximum absolute atomic E-state index is 13.6. The Bertz CT molecular complexity index is 1290. The summed E-state index contributed by atoms with van der Waals surface area (Å²) < 4.78 is 11.3. The molecule has 12 heteroatoms. The van der Waals surface area contributed by atoms with Gasteiger partial charge in [-0.2, -0.15) is 0 Å². The van der Waals surface area contributed by atoms with Crippen molar-refractivity contribution in [1.82, 2.24) is 15.5 Å². The van der Waals surface area contributed by atoms with Gasteiger partial charge in [-0.15, -0.1) is 0 Å². The van der Waals surface area contributed by atoms with E-state index < -0.39 is 50.0 Å². The standard InChI is InChI=1S/C30H33N3O5.H4NO2P/c1-20-25(34)18-26(38-20)33-19-29(2,27(35)31-28(33)36)32-30(21-10-6-4-7-11-21,22-12-8-5-9-13-22)23-14-16-24(37-3)17-15-23;1-4(2)3/h4-17,20,25-26,32,34H,18-19H2,1-3H3,(H,31,35,36);2-3H,1H2/t20-,25+,26-,29?;/m1./s1. The second-order valence-corrected chi connectivity index (χ2v) is 11.1. The zero-order valence-corrected chi connectivity index (χ0v) is 24.6. The van der Waals surface area contributed by atoms with E-state index in [-0.39, 0.29) is 13.0 Å². The minimum atomic E-state index is -2.12. The molecule has 0 aromatic heterocycles. The van der Waals surface area contributed by atoms with Gasteiger partial charge in [-0.1, -0.05) is 72.8 Å². The molecule has 0 saturated carbocycles. The van der Waals surface area contributed by atoms with E-state index in [1.165, 1.54) is 4.90 Å². The topological polar surface area (TPSA) is 167 Å². The maximum Gasteiger partial charge on any atom is 0.326 e. The normalized spacial score (nSPS) is 24.2. The third-order valence-electron chi connectivity index (χ3n) is 7.57. The molecule has 0 aliphatic carbocycles. The number of nitrogens with zero attached hydrogens (tertiary/aromatic N) is 1. The Hall–Kier alpha value is -3.41. The van der Waals surface area contributed by atoms with Gasteiger partial charge in [-0.3, -0.25) is 25.8 Å². The number of hydrogen-bond donors (Lipinski definition) is 6. The van der Waals surface area contributed by atoms with Crippen molar-refractivity contribution in [3.63, 3.8) is 0 Å². The Morgan fingerprint density at radius 2 is 1.50 bits per heavy atom. The van der Waals surface area contributed by atoms with Crippen LogP contribution in [0.5, 0.6) is 5.75 Å². The highest BCUT2D eigenvalue weighted by Crippen LogP contribution is 2.40. The first-order valence-corrected chi connectivity index (χ1v) is 14.7. The smallest absolute Gasteiger partial charge is 0.326 e. The van der Waals surface area contributed by atoms with Crippen molar-refractivity contribution in [2.75, 3.05) is 13.7 Å². The number of amides is 3. The predicted molar refractivity (Wildman–Crippen MR) is 158 cm³/mol. The van der Waals surface area contributed by atoms with Crippen molar-refractivity contribution in [2.45, 2.75) is 49.8 Å². The van der Waals surface area contributed by atoms with Gasteiger partial charge in [0.1, 0.15) is 17.5 Å². The molecule has 3 aromatic rings. The van der Waals surface area contributed by atoms with E-state index in [9.17, 15) is 14.7 Å². The number of methoxy groups -OCH3 is 1. The number of hydrogen-bond acceptors (Lipinski definition) is 9. The Kier molecular flexibility index (Phi) is 9.96. The van der Waals surface area contributed by atoms with Gasteiger partial charge >= 0.3 is 6.03 Å². The van der Waals surface area contributed by atoms with Crippen molar-refractivity contribution < 1.29 is 34.0 Å². The van der Waals surface area contributed by atoms with Crippen LogP contribution in [0.25, 0.3) is 0 Å². The van der Waals surface area contributed by atoms with Gasteiger partial charge in [0.05, 0.1) is 31.4 Å². The van der Waals surface area contributed by atoms with Crippen molar-refractivity contribution >= 4 is 20.5 Å². The van der Waals surface area contributed by atoms with E-state index in [1.54, 1.807) is 21.0 Å². The quantitative estimate of drug-likeness (QED) is 0.178. The molecule has 0 spiro atoms. The molecule has 0 bridgehead atoms. The van der Waals surface area contributed by atoms with Crippen molar-refractivity contribution in [1.29, 1.82) is 0 Å². The second-order valence-electron chi connectivity index (χ2n) is 10.5. The minimum Gasteiger partial charge on any atom is -0.497 e. The molecule has 11 nitrogen and oxygen atoms in total. The van der Waals surface area contributed by atoms with Crippen LogP contribution in [-0.2, 0) is 15.1 Å². The Labute approximate surface area is 246 Å². The molecule has 4 atom stereocenters. The lowest BCUT2D eigenvalue weighted by Gasteiger charge is -2.48. The number of benzene rings is 3. The van der Waals surface area contributed by atoms with E-state index in [1.807, 2.05) is 84.9 Å². The summed E-state index contributed by atoms with van der Waals surface area (Å²) in [5, 5.41) is 16.5. The molecule has 2 aliphatic heterocycles.